The maximum atomic E-state index is 6.71. The quantitative estimate of drug-likeness (QED) is 0.173. The minimum Gasteiger partial charge on any atom is -0.456 e. The zero-order valence-corrected chi connectivity index (χ0v) is 35.5. The Morgan fingerprint density at radius 1 is 0.450 bits per heavy atom. The zero-order valence-electron chi connectivity index (χ0n) is 35.5. The van der Waals surface area contributed by atoms with E-state index in [9.17, 15) is 0 Å². The van der Waals surface area contributed by atoms with Gasteiger partial charge >= 0.3 is 0 Å². The molecule has 1 aromatic heterocycles. The summed E-state index contributed by atoms with van der Waals surface area (Å²) in [6, 6.07) is 62.4. The van der Waals surface area contributed by atoms with Gasteiger partial charge in [0, 0.05) is 38.9 Å². The highest BCUT2D eigenvalue weighted by atomic mass is 16.3. The summed E-state index contributed by atoms with van der Waals surface area (Å²) in [4.78, 5) is 2.62. The molecule has 1 heterocycles. The van der Waals surface area contributed by atoms with Gasteiger partial charge in [-0.25, -0.2) is 0 Å². The van der Waals surface area contributed by atoms with Gasteiger partial charge in [0.25, 0.3) is 0 Å². The molecular formula is C58H49NO. The molecule has 0 fully saturated rings. The van der Waals surface area contributed by atoms with Crippen LogP contribution in [0.3, 0.4) is 0 Å². The number of nitrogens with zero attached hydrogens (tertiary/aromatic N) is 1. The maximum absolute atomic E-state index is 6.71. The Morgan fingerprint density at radius 3 is 1.60 bits per heavy atom. The average molecular weight is 776 g/mol. The molecule has 0 saturated carbocycles. The summed E-state index contributed by atoms with van der Waals surface area (Å²) in [7, 11) is 0. The van der Waals surface area contributed by atoms with E-state index in [0.717, 1.165) is 33.3 Å². The van der Waals surface area contributed by atoms with Crippen LogP contribution in [0, 0.1) is 0 Å². The lowest BCUT2D eigenvalue weighted by molar-refractivity contribution is 0.587. The van der Waals surface area contributed by atoms with Crippen molar-refractivity contribution in [1.82, 2.24) is 0 Å². The molecule has 60 heavy (non-hydrogen) atoms. The topological polar surface area (TPSA) is 16.4 Å². The lowest BCUT2D eigenvalue weighted by Gasteiger charge is -2.40. The Balaban J connectivity index is 1.34. The Bertz CT molecular complexity index is 3090. The number of para-hydroxylation sites is 1. The summed E-state index contributed by atoms with van der Waals surface area (Å²) in [5.41, 5.74) is 21.5. The maximum Gasteiger partial charge on any atom is 0.137 e. The number of hydrogen-bond acceptors (Lipinski definition) is 2. The van der Waals surface area contributed by atoms with Crippen LogP contribution in [-0.2, 0) is 16.2 Å². The van der Waals surface area contributed by atoms with E-state index in [1.54, 1.807) is 0 Å². The molecule has 0 saturated heterocycles. The first-order valence-electron chi connectivity index (χ1n) is 21.4. The van der Waals surface area contributed by atoms with Crippen molar-refractivity contribution in [2.75, 3.05) is 4.90 Å². The van der Waals surface area contributed by atoms with Gasteiger partial charge in [0.1, 0.15) is 11.2 Å². The molecule has 9 aromatic rings. The first-order chi connectivity index (χ1) is 28.9. The molecule has 2 aliphatic rings. The number of hydrogen-bond donors (Lipinski definition) is 0. The van der Waals surface area contributed by atoms with Crippen LogP contribution < -0.4 is 4.90 Å². The van der Waals surface area contributed by atoms with Crippen molar-refractivity contribution in [3.8, 4) is 44.5 Å². The van der Waals surface area contributed by atoms with E-state index in [4.69, 9.17) is 4.42 Å². The number of furan rings is 1. The molecule has 292 valence electrons. The first kappa shape index (κ1) is 36.4. The number of fused-ring (bicyclic) bond motifs is 9. The van der Waals surface area contributed by atoms with Crippen LogP contribution in [0.15, 0.2) is 174 Å². The summed E-state index contributed by atoms with van der Waals surface area (Å²) in [5.74, 6) is 0. The van der Waals surface area contributed by atoms with Crippen LogP contribution >= 0.6 is 0 Å². The van der Waals surface area contributed by atoms with Crippen LogP contribution in [0.25, 0.3) is 66.4 Å². The second-order valence-corrected chi connectivity index (χ2v) is 18.9. The fourth-order valence-electron chi connectivity index (χ4n) is 10.9. The van der Waals surface area contributed by atoms with Crippen molar-refractivity contribution >= 4 is 39.0 Å². The smallest absolute Gasteiger partial charge is 0.137 e. The zero-order chi connectivity index (χ0) is 41.1. The van der Waals surface area contributed by atoms with Gasteiger partial charge in [-0.1, -0.05) is 182 Å². The standard InChI is InChI=1S/C58H49NO/c1-56(2,3)52-50-42-25-14-17-27-45(42)57(4,5)53(50)55(54-51(52)43-26-15-18-28-46(43)58(54,6)7)59(39-31-32-41-40-24-16-19-29-48(40)60-49(41)35-39)47-33-30-38(36-20-10-8-11-21-36)34-44(47)37-22-12-9-13-23-37/h8-35H,1-7H3. The summed E-state index contributed by atoms with van der Waals surface area (Å²) in [5, 5.41) is 2.25. The Labute approximate surface area is 353 Å². The molecule has 2 nitrogen and oxygen atoms in total. The number of anilines is 3. The molecule has 0 radical (unpaired) electrons. The van der Waals surface area contributed by atoms with Gasteiger partial charge in [-0.3, -0.25) is 0 Å². The van der Waals surface area contributed by atoms with E-state index in [1.165, 1.54) is 78.0 Å². The highest BCUT2D eigenvalue weighted by molar-refractivity contribution is 6.08. The van der Waals surface area contributed by atoms with E-state index in [0.29, 0.717) is 0 Å². The van der Waals surface area contributed by atoms with Gasteiger partial charge in [0.05, 0.1) is 11.4 Å². The molecule has 0 amide bonds. The van der Waals surface area contributed by atoms with Crippen LogP contribution in [0.2, 0.25) is 0 Å². The van der Waals surface area contributed by atoms with Crippen molar-refractivity contribution in [2.45, 2.75) is 64.7 Å². The van der Waals surface area contributed by atoms with Crippen LogP contribution in [0.4, 0.5) is 17.1 Å². The SMILES string of the molecule is CC(C)(C)c1c2c(c(N(c3ccc4c(c3)oc3ccccc34)c3ccc(-c4ccccc4)cc3-c3ccccc3)c3c1-c1ccccc1C3(C)C)C(C)(C)c1ccccc1-2. The first-order valence-corrected chi connectivity index (χ1v) is 21.4. The molecule has 0 atom stereocenters. The fourth-order valence-corrected chi connectivity index (χ4v) is 10.9. The molecule has 0 N–H and O–H groups in total. The average Bonchev–Trinajstić information content (AvgIpc) is 3.83. The molecule has 0 aliphatic heterocycles. The Kier molecular flexibility index (Phi) is 7.85. The number of benzene rings is 8. The third-order valence-corrected chi connectivity index (χ3v) is 13.5. The third-order valence-electron chi connectivity index (χ3n) is 13.5. The van der Waals surface area contributed by atoms with Crippen LogP contribution in [0.5, 0.6) is 0 Å². The molecule has 0 bridgehead atoms. The lowest BCUT2D eigenvalue weighted by Crippen LogP contribution is -2.28. The minimum atomic E-state index is -0.320. The highest BCUT2D eigenvalue weighted by Gasteiger charge is 2.50. The molecule has 8 aromatic carbocycles. The van der Waals surface area contributed by atoms with Gasteiger partial charge in [-0.15, -0.1) is 0 Å². The number of rotatable bonds is 5. The molecule has 2 heteroatoms. The summed E-state index contributed by atoms with van der Waals surface area (Å²) in [6.07, 6.45) is 0. The second-order valence-electron chi connectivity index (χ2n) is 18.9. The fraction of sp³-hybridized carbons (Fsp3) is 0.172. The Morgan fingerprint density at radius 2 is 0.983 bits per heavy atom. The monoisotopic (exact) mass is 775 g/mol. The lowest BCUT2D eigenvalue weighted by atomic mass is 9.70. The predicted octanol–water partition coefficient (Wildman–Crippen LogP) is 16.3. The largest absolute Gasteiger partial charge is 0.456 e. The summed E-state index contributed by atoms with van der Waals surface area (Å²) < 4.78 is 6.71. The van der Waals surface area contributed by atoms with E-state index < -0.39 is 0 Å². The van der Waals surface area contributed by atoms with Crippen LogP contribution in [-0.4, -0.2) is 0 Å². The Hall–Kier alpha value is -6.64. The van der Waals surface area contributed by atoms with Crippen LogP contribution in [0.1, 0.15) is 76.3 Å². The third kappa shape index (κ3) is 5.19. The predicted molar refractivity (Wildman–Crippen MR) is 253 cm³/mol. The summed E-state index contributed by atoms with van der Waals surface area (Å²) >= 11 is 0. The van der Waals surface area contributed by atoms with Crippen molar-refractivity contribution in [3.05, 3.63) is 198 Å². The minimum absolute atomic E-state index is 0.154. The molecule has 11 rings (SSSR count). The summed E-state index contributed by atoms with van der Waals surface area (Å²) in [6.45, 7) is 17.0. The van der Waals surface area contributed by atoms with Gasteiger partial charge in [-0.2, -0.15) is 0 Å². The van der Waals surface area contributed by atoms with E-state index >= 15 is 0 Å². The van der Waals surface area contributed by atoms with E-state index in [1.807, 2.05) is 0 Å². The van der Waals surface area contributed by atoms with Crippen molar-refractivity contribution in [1.29, 1.82) is 0 Å². The van der Waals surface area contributed by atoms with Gasteiger partial charge in [0.2, 0.25) is 0 Å². The molecule has 0 spiro atoms. The van der Waals surface area contributed by atoms with E-state index in [-0.39, 0.29) is 16.2 Å². The van der Waals surface area contributed by atoms with Crippen molar-refractivity contribution in [3.63, 3.8) is 0 Å². The van der Waals surface area contributed by atoms with Crippen molar-refractivity contribution in [2.24, 2.45) is 0 Å². The molecule has 0 unspecified atom stereocenters. The normalized spacial score (nSPS) is 14.5. The van der Waals surface area contributed by atoms with Gasteiger partial charge in [-0.05, 0) is 103 Å². The second kappa shape index (κ2) is 12.9. The highest BCUT2D eigenvalue weighted by Crippen LogP contribution is 2.66. The van der Waals surface area contributed by atoms with E-state index in [2.05, 4.69) is 223 Å². The van der Waals surface area contributed by atoms with Gasteiger partial charge < -0.3 is 9.32 Å². The van der Waals surface area contributed by atoms with Gasteiger partial charge in [0.15, 0.2) is 0 Å². The molecular weight excluding hydrogens is 727 g/mol. The van der Waals surface area contributed by atoms with Crippen molar-refractivity contribution < 1.29 is 4.42 Å². The molecule has 2 aliphatic carbocycles.